The number of aromatic nitrogens is 2. The maximum atomic E-state index is 12.8. The van der Waals surface area contributed by atoms with Crippen molar-refractivity contribution in [3.05, 3.63) is 52.5 Å². The topological polar surface area (TPSA) is 58.8 Å². The number of hydrogen-bond donors (Lipinski definition) is 2. The van der Waals surface area contributed by atoms with Crippen LogP contribution < -0.4 is 10.1 Å². The van der Waals surface area contributed by atoms with E-state index >= 15 is 0 Å². The van der Waals surface area contributed by atoms with Crippen molar-refractivity contribution in [2.75, 3.05) is 13.2 Å². The largest absolute Gasteiger partial charge is 0.491 e. The number of aryl methyl sites for hydroxylation is 2. The summed E-state index contributed by atoms with van der Waals surface area (Å²) in [5, 5.41) is 13.2. The molecule has 0 saturated heterocycles. The molecule has 2 heterocycles. The number of aliphatic hydroxyl groups excluding tert-OH is 1. The van der Waals surface area contributed by atoms with Gasteiger partial charge >= 0.3 is 0 Å². The number of nitrogens with zero attached hydrogens (tertiary/aromatic N) is 2. The highest BCUT2D eigenvalue weighted by Crippen LogP contribution is 2.20. The molecular weight excluding hydrogens is 329 g/mol. The summed E-state index contributed by atoms with van der Waals surface area (Å²) in [7, 11) is 0. The fraction of sp³-hybridized carbons (Fsp3) is 0.353. The van der Waals surface area contributed by atoms with Crippen molar-refractivity contribution in [1.82, 2.24) is 14.7 Å². The first-order valence-electron chi connectivity index (χ1n) is 7.74. The molecule has 128 valence electrons. The van der Waals surface area contributed by atoms with Gasteiger partial charge in [0.15, 0.2) is 4.96 Å². The lowest BCUT2D eigenvalue weighted by atomic mass is 10.3. The Balaban J connectivity index is 1.48. The third-order valence-corrected chi connectivity index (χ3v) is 4.57. The molecule has 3 rings (SSSR count). The number of benzene rings is 1. The van der Waals surface area contributed by atoms with Crippen LogP contribution in [0.15, 0.2) is 30.5 Å². The quantitative estimate of drug-likeness (QED) is 0.689. The van der Waals surface area contributed by atoms with Crippen LogP contribution >= 0.6 is 11.3 Å². The van der Waals surface area contributed by atoms with Gasteiger partial charge in [-0.25, -0.2) is 9.37 Å². The normalized spacial score (nSPS) is 12.7. The Kier molecular flexibility index (Phi) is 5.13. The van der Waals surface area contributed by atoms with Gasteiger partial charge in [0.2, 0.25) is 0 Å². The molecule has 0 saturated carbocycles. The summed E-state index contributed by atoms with van der Waals surface area (Å²) in [5.41, 5.74) is 2.09. The van der Waals surface area contributed by atoms with Crippen LogP contribution in [0, 0.1) is 19.7 Å². The molecule has 0 amide bonds. The zero-order chi connectivity index (χ0) is 17.1. The van der Waals surface area contributed by atoms with Gasteiger partial charge in [-0.2, -0.15) is 0 Å². The van der Waals surface area contributed by atoms with Crippen molar-refractivity contribution >= 4 is 16.3 Å². The van der Waals surface area contributed by atoms with Crippen molar-refractivity contribution in [3.8, 4) is 5.75 Å². The minimum Gasteiger partial charge on any atom is -0.491 e. The van der Waals surface area contributed by atoms with Gasteiger partial charge in [-0.3, -0.25) is 4.40 Å². The SMILES string of the molecule is Cc1cn2c(CNCC(O)COc3ccc(F)cc3)c(C)nc2s1. The van der Waals surface area contributed by atoms with E-state index in [1.807, 2.05) is 6.92 Å². The van der Waals surface area contributed by atoms with E-state index in [9.17, 15) is 9.50 Å². The summed E-state index contributed by atoms with van der Waals surface area (Å²) < 4.78 is 20.3. The number of aliphatic hydroxyl groups is 1. The third kappa shape index (κ3) is 3.92. The average molecular weight is 349 g/mol. The molecule has 0 bridgehead atoms. The molecule has 3 aromatic rings. The van der Waals surface area contributed by atoms with Gasteiger partial charge in [0.1, 0.15) is 24.3 Å². The Bertz CT molecular complexity index is 813. The number of hydrogen-bond acceptors (Lipinski definition) is 5. The lowest BCUT2D eigenvalue weighted by molar-refractivity contribution is 0.106. The van der Waals surface area contributed by atoms with Crippen molar-refractivity contribution < 1.29 is 14.2 Å². The average Bonchev–Trinajstić information content (AvgIpc) is 3.03. The number of nitrogens with one attached hydrogen (secondary N) is 1. The van der Waals surface area contributed by atoms with Gasteiger partial charge < -0.3 is 15.2 Å². The van der Waals surface area contributed by atoms with E-state index in [1.54, 1.807) is 23.5 Å². The second kappa shape index (κ2) is 7.29. The fourth-order valence-electron chi connectivity index (χ4n) is 2.46. The van der Waals surface area contributed by atoms with E-state index in [-0.39, 0.29) is 12.4 Å². The summed E-state index contributed by atoms with van der Waals surface area (Å²) in [6.07, 6.45) is 1.42. The van der Waals surface area contributed by atoms with Gasteiger partial charge in [-0.05, 0) is 38.1 Å². The number of fused-ring (bicyclic) bond motifs is 1. The van der Waals surface area contributed by atoms with Crippen LogP contribution in [0.4, 0.5) is 4.39 Å². The van der Waals surface area contributed by atoms with Crippen LogP contribution in [0.3, 0.4) is 0 Å². The molecule has 2 N–H and O–H groups in total. The highest BCUT2D eigenvalue weighted by molar-refractivity contribution is 7.17. The maximum Gasteiger partial charge on any atom is 0.194 e. The predicted molar refractivity (Wildman–Crippen MR) is 92.2 cm³/mol. The molecule has 2 aromatic heterocycles. The first-order valence-corrected chi connectivity index (χ1v) is 8.55. The van der Waals surface area contributed by atoms with Gasteiger partial charge in [0.05, 0.1) is 11.4 Å². The molecule has 0 fully saturated rings. The van der Waals surface area contributed by atoms with E-state index in [1.165, 1.54) is 17.0 Å². The molecule has 1 atom stereocenters. The molecular formula is C17H20FN3O2S. The Morgan fingerprint density at radius 3 is 2.83 bits per heavy atom. The standard InChI is InChI=1S/C17H20FN3O2S/c1-11-9-21-16(12(2)20-17(21)24-11)8-19-7-14(22)10-23-15-5-3-13(18)4-6-15/h3-6,9,14,19,22H,7-8,10H2,1-2H3. The first kappa shape index (κ1) is 16.9. The zero-order valence-corrected chi connectivity index (χ0v) is 14.4. The van der Waals surface area contributed by atoms with Gasteiger partial charge in [-0.15, -0.1) is 11.3 Å². The molecule has 0 aliphatic heterocycles. The van der Waals surface area contributed by atoms with Crippen LogP contribution in [-0.4, -0.2) is 33.7 Å². The second-order valence-corrected chi connectivity index (χ2v) is 6.90. The molecule has 0 aliphatic carbocycles. The van der Waals surface area contributed by atoms with E-state index in [2.05, 4.69) is 27.8 Å². The van der Waals surface area contributed by atoms with Crippen molar-refractivity contribution in [3.63, 3.8) is 0 Å². The predicted octanol–water partition coefficient (Wildman–Crippen LogP) is 2.68. The molecule has 1 unspecified atom stereocenters. The van der Waals surface area contributed by atoms with E-state index < -0.39 is 6.10 Å². The van der Waals surface area contributed by atoms with Crippen LogP contribution in [0.1, 0.15) is 16.3 Å². The number of imidazole rings is 1. The summed E-state index contributed by atoms with van der Waals surface area (Å²) in [4.78, 5) is 6.74. The summed E-state index contributed by atoms with van der Waals surface area (Å²) in [6.45, 7) is 5.22. The van der Waals surface area contributed by atoms with Crippen molar-refractivity contribution in [1.29, 1.82) is 0 Å². The second-order valence-electron chi connectivity index (χ2n) is 5.69. The molecule has 0 aliphatic rings. The van der Waals surface area contributed by atoms with Crippen LogP contribution in [0.2, 0.25) is 0 Å². The van der Waals surface area contributed by atoms with Crippen molar-refractivity contribution in [2.24, 2.45) is 0 Å². The van der Waals surface area contributed by atoms with E-state index in [4.69, 9.17) is 4.74 Å². The summed E-state index contributed by atoms with van der Waals surface area (Å²) >= 11 is 1.66. The molecule has 7 heteroatoms. The Labute approximate surface area is 143 Å². The zero-order valence-electron chi connectivity index (χ0n) is 13.6. The molecule has 24 heavy (non-hydrogen) atoms. The van der Waals surface area contributed by atoms with Crippen molar-refractivity contribution in [2.45, 2.75) is 26.5 Å². The number of halogens is 1. The highest BCUT2D eigenvalue weighted by atomic mass is 32.1. The summed E-state index contributed by atoms with van der Waals surface area (Å²) in [5.74, 6) is 0.230. The third-order valence-electron chi connectivity index (χ3n) is 3.67. The lowest BCUT2D eigenvalue weighted by Crippen LogP contribution is -2.31. The highest BCUT2D eigenvalue weighted by Gasteiger charge is 2.12. The Morgan fingerprint density at radius 2 is 2.08 bits per heavy atom. The van der Waals surface area contributed by atoms with Gasteiger partial charge in [0.25, 0.3) is 0 Å². The molecule has 1 aromatic carbocycles. The molecule has 0 radical (unpaired) electrons. The summed E-state index contributed by atoms with van der Waals surface area (Å²) in [6, 6.07) is 5.74. The number of ether oxygens (including phenoxy) is 1. The first-order chi connectivity index (χ1) is 11.5. The molecule has 0 spiro atoms. The minimum absolute atomic E-state index is 0.150. The van der Waals surface area contributed by atoms with Gasteiger partial charge in [0, 0.05) is 24.2 Å². The molecule has 5 nitrogen and oxygen atoms in total. The van der Waals surface area contributed by atoms with Crippen LogP contribution in [0.5, 0.6) is 5.75 Å². The lowest BCUT2D eigenvalue weighted by Gasteiger charge is -2.13. The Hall–Kier alpha value is -1.96. The van der Waals surface area contributed by atoms with E-state index in [0.29, 0.717) is 18.8 Å². The van der Waals surface area contributed by atoms with Crippen LogP contribution in [-0.2, 0) is 6.54 Å². The number of rotatable bonds is 7. The minimum atomic E-state index is -0.650. The van der Waals surface area contributed by atoms with Crippen LogP contribution in [0.25, 0.3) is 4.96 Å². The Morgan fingerprint density at radius 1 is 1.33 bits per heavy atom. The van der Waals surface area contributed by atoms with E-state index in [0.717, 1.165) is 16.3 Å². The number of thiazole rings is 1. The fourth-order valence-corrected chi connectivity index (χ4v) is 3.35. The van der Waals surface area contributed by atoms with Gasteiger partial charge in [-0.1, -0.05) is 0 Å². The smallest absolute Gasteiger partial charge is 0.194 e. The maximum absolute atomic E-state index is 12.8. The monoisotopic (exact) mass is 349 g/mol.